The molecule has 0 aliphatic carbocycles. The number of hydrogen-bond acceptors (Lipinski definition) is 5. The van der Waals surface area contributed by atoms with Crippen LogP contribution in [0.3, 0.4) is 0 Å². The van der Waals surface area contributed by atoms with E-state index in [2.05, 4.69) is 4.98 Å². The Morgan fingerprint density at radius 3 is 2.74 bits per heavy atom. The van der Waals surface area contributed by atoms with Gasteiger partial charge in [-0.3, -0.25) is 9.78 Å². The van der Waals surface area contributed by atoms with E-state index in [9.17, 15) is 13.6 Å². The van der Waals surface area contributed by atoms with Crippen molar-refractivity contribution in [3.8, 4) is 11.8 Å². The zero-order chi connectivity index (χ0) is 14.4. The van der Waals surface area contributed by atoms with Crippen LogP contribution in [0.5, 0.6) is 5.75 Å². The minimum atomic E-state index is -2.89. The molecule has 0 aliphatic rings. The number of esters is 1. The molecule has 0 saturated heterocycles. The van der Waals surface area contributed by atoms with Crippen LogP contribution in [0.25, 0.3) is 0 Å². The SMILES string of the molecule is CCOC(=O)Cc1c(C(F)F)ncc(OC)c1C#N. The van der Waals surface area contributed by atoms with Gasteiger partial charge in [0, 0.05) is 5.56 Å². The predicted octanol–water partition coefficient (Wildman–Crippen LogP) is 2.01. The molecule has 0 fully saturated rings. The molecule has 102 valence electrons. The fourth-order valence-corrected chi connectivity index (χ4v) is 1.55. The van der Waals surface area contributed by atoms with Crippen molar-refractivity contribution in [2.75, 3.05) is 13.7 Å². The van der Waals surface area contributed by atoms with Crippen LogP contribution in [0.2, 0.25) is 0 Å². The molecule has 0 saturated carbocycles. The van der Waals surface area contributed by atoms with Gasteiger partial charge in [-0.2, -0.15) is 5.26 Å². The molecule has 0 aromatic carbocycles. The first kappa shape index (κ1) is 14.8. The second-order valence-corrected chi connectivity index (χ2v) is 3.46. The van der Waals surface area contributed by atoms with E-state index < -0.39 is 24.5 Å². The first-order chi connectivity index (χ1) is 9.04. The molecule has 5 nitrogen and oxygen atoms in total. The van der Waals surface area contributed by atoms with Crippen LogP contribution >= 0.6 is 0 Å². The third-order valence-electron chi connectivity index (χ3n) is 2.34. The van der Waals surface area contributed by atoms with Crippen LogP contribution in [0, 0.1) is 11.3 Å². The molecule has 0 atom stereocenters. The number of methoxy groups -OCH3 is 1. The Morgan fingerprint density at radius 1 is 1.58 bits per heavy atom. The maximum atomic E-state index is 12.9. The molecule has 0 aliphatic heterocycles. The van der Waals surface area contributed by atoms with Gasteiger partial charge in [0.05, 0.1) is 26.3 Å². The van der Waals surface area contributed by atoms with Crippen molar-refractivity contribution in [2.24, 2.45) is 0 Å². The maximum Gasteiger partial charge on any atom is 0.310 e. The molecular formula is C12H12F2N2O3. The highest BCUT2D eigenvalue weighted by molar-refractivity contribution is 5.74. The van der Waals surface area contributed by atoms with Crippen molar-refractivity contribution in [3.05, 3.63) is 23.0 Å². The van der Waals surface area contributed by atoms with Gasteiger partial charge in [-0.25, -0.2) is 8.78 Å². The number of nitriles is 1. The Morgan fingerprint density at radius 2 is 2.26 bits per heavy atom. The molecule has 0 amide bonds. The Bertz CT molecular complexity index is 512. The zero-order valence-corrected chi connectivity index (χ0v) is 10.4. The Labute approximate surface area is 108 Å². The zero-order valence-electron chi connectivity index (χ0n) is 10.4. The van der Waals surface area contributed by atoms with E-state index in [1.54, 1.807) is 13.0 Å². The van der Waals surface area contributed by atoms with Crippen molar-refractivity contribution >= 4 is 5.97 Å². The summed E-state index contributed by atoms with van der Waals surface area (Å²) in [4.78, 5) is 14.9. The van der Waals surface area contributed by atoms with Crippen molar-refractivity contribution < 1.29 is 23.0 Å². The van der Waals surface area contributed by atoms with Gasteiger partial charge in [0.25, 0.3) is 6.43 Å². The van der Waals surface area contributed by atoms with Gasteiger partial charge in [0.2, 0.25) is 0 Å². The number of ether oxygens (including phenoxy) is 2. The quantitative estimate of drug-likeness (QED) is 0.765. The van der Waals surface area contributed by atoms with Crippen molar-refractivity contribution in [1.29, 1.82) is 5.26 Å². The lowest BCUT2D eigenvalue weighted by Gasteiger charge is -2.12. The molecule has 0 radical (unpaired) electrons. The fourth-order valence-electron chi connectivity index (χ4n) is 1.55. The molecule has 0 N–H and O–H groups in total. The van der Waals surface area contributed by atoms with Gasteiger partial charge in [-0.15, -0.1) is 0 Å². The second kappa shape index (κ2) is 6.64. The van der Waals surface area contributed by atoms with Gasteiger partial charge < -0.3 is 9.47 Å². The molecule has 1 heterocycles. The third kappa shape index (κ3) is 3.37. The van der Waals surface area contributed by atoms with Crippen LogP contribution < -0.4 is 4.74 Å². The van der Waals surface area contributed by atoms with E-state index in [4.69, 9.17) is 14.7 Å². The van der Waals surface area contributed by atoms with Gasteiger partial charge >= 0.3 is 5.97 Å². The minimum Gasteiger partial charge on any atom is -0.494 e. The van der Waals surface area contributed by atoms with Gasteiger partial charge in [-0.1, -0.05) is 0 Å². The van der Waals surface area contributed by atoms with Crippen LogP contribution in [0.15, 0.2) is 6.20 Å². The molecule has 19 heavy (non-hydrogen) atoms. The van der Waals surface area contributed by atoms with Crippen LogP contribution in [-0.4, -0.2) is 24.7 Å². The topological polar surface area (TPSA) is 72.2 Å². The summed E-state index contributed by atoms with van der Waals surface area (Å²) < 4.78 is 35.3. The van der Waals surface area contributed by atoms with Crippen LogP contribution in [0.1, 0.15) is 30.2 Å². The second-order valence-electron chi connectivity index (χ2n) is 3.46. The van der Waals surface area contributed by atoms with Crippen molar-refractivity contribution in [3.63, 3.8) is 0 Å². The summed E-state index contributed by atoms with van der Waals surface area (Å²) in [5.41, 5.74) is -0.887. The fraction of sp³-hybridized carbons (Fsp3) is 0.417. The summed E-state index contributed by atoms with van der Waals surface area (Å²) in [6.45, 7) is 1.73. The highest BCUT2D eigenvalue weighted by Crippen LogP contribution is 2.29. The van der Waals surface area contributed by atoms with Crippen molar-refractivity contribution in [1.82, 2.24) is 4.98 Å². The number of carbonyl (C=O) groups excluding carboxylic acids is 1. The molecule has 1 aromatic heterocycles. The molecule has 0 unspecified atom stereocenters. The Hall–Kier alpha value is -2.23. The number of nitrogens with zero attached hydrogens (tertiary/aromatic N) is 2. The van der Waals surface area contributed by atoms with E-state index >= 15 is 0 Å². The number of halogens is 2. The van der Waals surface area contributed by atoms with E-state index in [0.29, 0.717) is 0 Å². The monoisotopic (exact) mass is 270 g/mol. The summed E-state index contributed by atoms with van der Waals surface area (Å²) in [5, 5.41) is 9.02. The van der Waals surface area contributed by atoms with Gasteiger partial charge in [0.15, 0.2) is 5.75 Å². The van der Waals surface area contributed by atoms with E-state index in [1.165, 1.54) is 7.11 Å². The highest BCUT2D eigenvalue weighted by Gasteiger charge is 2.23. The number of pyridine rings is 1. The molecule has 0 bridgehead atoms. The summed E-state index contributed by atoms with van der Waals surface area (Å²) in [5.74, 6) is -0.651. The molecule has 7 heteroatoms. The normalized spacial score (nSPS) is 10.1. The summed E-state index contributed by atoms with van der Waals surface area (Å²) in [7, 11) is 1.29. The molecular weight excluding hydrogens is 258 g/mol. The molecule has 1 rings (SSSR count). The molecule has 0 spiro atoms. The van der Waals surface area contributed by atoms with Gasteiger partial charge in [-0.05, 0) is 6.92 Å². The predicted molar refractivity (Wildman–Crippen MR) is 60.8 cm³/mol. The summed E-state index contributed by atoms with van der Waals surface area (Å²) in [6.07, 6.45) is -2.29. The third-order valence-corrected chi connectivity index (χ3v) is 2.34. The van der Waals surface area contributed by atoms with E-state index in [0.717, 1.165) is 6.20 Å². The van der Waals surface area contributed by atoms with Crippen LogP contribution in [0.4, 0.5) is 8.78 Å². The number of aromatic nitrogens is 1. The number of hydrogen-bond donors (Lipinski definition) is 0. The van der Waals surface area contributed by atoms with Crippen LogP contribution in [-0.2, 0) is 16.0 Å². The first-order valence-corrected chi connectivity index (χ1v) is 5.44. The summed E-state index contributed by atoms with van der Waals surface area (Å²) in [6, 6.07) is 1.75. The Kier molecular flexibility index (Phi) is 5.18. The van der Waals surface area contributed by atoms with Crippen molar-refractivity contribution in [2.45, 2.75) is 19.8 Å². The largest absolute Gasteiger partial charge is 0.494 e. The van der Waals surface area contributed by atoms with E-state index in [1.807, 2.05) is 0 Å². The lowest BCUT2D eigenvalue weighted by Crippen LogP contribution is -2.13. The average molecular weight is 270 g/mol. The lowest BCUT2D eigenvalue weighted by atomic mass is 10.0. The first-order valence-electron chi connectivity index (χ1n) is 5.44. The lowest BCUT2D eigenvalue weighted by molar-refractivity contribution is -0.142. The smallest absolute Gasteiger partial charge is 0.310 e. The standard InChI is InChI=1S/C12H12F2N2O3/c1-3-19-10(17)4-7-8(5-15)9(18-2)6-16-11(7)12(13)14/h6,12H,3-4H2,1-2H3. The molecule has 1 aromatic rings. The maximum absolute atomic E-state index is 12.9. The summed E-state index contributed by atoms with van der Waals surface area (Å²) >= 11 is 0. The average Bonchev–Trinajstić information content (AvgIpc) is 2.37. The number of alkyl halides is 2. The van der Waals surface area contributed by atoms with E-state index in [-0.39, 0.29) is 23.5 Å². The highest BCUT2D eigenvalue weighted by atomic mass is 19.3. The minimum absolute atomic E-state index is 0.0474. The number of carbonyl (C=O) groups is 1. The number of rotatable bonds is 5. The Balaban J connectivity index is 3.30. The van der Waals surface area contributed by atoms with Gasteiger partial charge in [0.1, 0.15) is 17.3 Å².